The predicted molar refractivity (Wildman–Crippen MR) is 67.3 cm³/mol. The smallest absolute Gasteiger partial charge is 0.284 e. The first-order valence-electron chi connectivity index (χ1n) is 5.10. The van der Waals surface area contributed by atoms with Crippen molar-refractivity contribution in [3.63, 3.8) is 0 Å². The van der Waals surface area contributed by atoms with E-state index in [1.165, 1.54) is 10.8 Å². The zero-order valence-electron chi connectivity index (χ0n) is 8.98. The first-order valence-corrected chi connectivity index (χ1v) is 5.48. The molecule has 90 valence electrons. The van der Waals surface area contributed by atoms with E-state index >= 15 is 0 Å². The molecule has 2 heterocycles. The molecular formula is C11H7ClN4O2. The molecule has 2 aromatic heterocycles. The second-order valence-electron chi connectivity index (χ2n) is 3.71. The van der Waals surface area contributed by atoms with Gasteiger partial charge in [-0.3, -0.25) is 19.4 Å². The molecule has 0 saturated heterocycles. The Morgan fingerprint density at radius 1 is 1.28 bits per heavy atom. The molecule has 18 heavy (non-hydrogen) atoms. The Labute approximate surface area is 105 Å². The maximum absolute atomic E-state index is 11.9. The number of aromatic nitrogens is 4. The number of nitrogens with zero attached hydrogens (tertiary/aromatic N) is 2. The molecule has 0 aliphatic rings. The SMILES string of the molecule is O=c1[nH]c(=O)n(-c2cn[nH]c2)c2cc(Cl)ccc12. The van der Waals surface area contributed by atoms with Crippen molar-refractivity contribution in [1.29, 1.82) is 0 Å². The first kappa shape index (κ1) is 10.8. The van der Waals surface area contributed by atoms with E-state index in [-0.39, 0.29) is 0 Å². The van der Waals surface area contributed by atoms with E-state index in [2.05, 4.69) is 15.2 Å². The molecule has 0 fully saturated rings. The number of hydrogen-bond acceptors (Lipinski definition) is 3. The van der Waals surface area contributed by atoms with Crippen molar-refractivity contribution >= 4 is 22.5 Å². The Bertz CT molecular complexity index is 832. The van der Waals surface area contributed by atoms with Gasteiger partial charge in [0.25, 0.3) is 5.56 Å². The van der Waals surface area contributed by atoms with Crippen molar-refractivity contribution in [2.24, 2.45) is 0 Å². The highest BCUT2D eigenvalue weighted by Crippen LogP contribution is 2.17. The fourth-order valence-electron chi connectivity index (χ4n) is 1.83. The zero-order chi connectivity index (χ0) is 12.7. The van der Waals surface area contributed by atoms with E-state index in [1.807, 2.05) is 0 Å². The van der Waals surface area contributed by atoms with Crippen molar-refractivity contribution in [2.45, 2.75) is 0 Å². The van der Waals surface area contributed by atoms with Crippen LogP contribution in [0.25, 0.3) is 16.6 Å². The highest BCUT2D eigenvalue weighted by molar-refractivity contribution is 6.31. The number of H-pyrrole nitrogens is 2. The lowest BCUT2D eigenvalue weighted by molar-refractivity contribution is 0.944. The largest absolute Gasteiger partial charge is 0.333 e. The predicted octanol–water partition coefficient (Wildman–Crippen LogP) is 1.06. The van der Waals surface area contributed by atoms with Crippen molar-refractivity contribution in [2.75, 3.05) is 0 Å². The van der Waals surface area contributed by atoms with Crippen LogP contribution < -0.4 is 11.2 Å². The van der Waals surface area contributed by atoms with Crippen LogP contribution in [-0.2, 0) is 0 Å². The van der Waals surface area contributed by atoms with Gasteiger partial charge in [-0.05, 0) is 18.2 Å². The summed E-state index contributed by atoms with van der Waals surface area (Å²) < 4.78 is 1.34. The quantitative estimate of drug-likeness (QED) is 0.688. The lowest BCUT2D eigenvalue weighted by Crippen LogP contribution is -2.29. The summed E-state index contributed by atoms with van der Waals surface area (Å²) in [5, 5.41) is 7.23. The maximum Gasteiger partial charge on any atom is 0.333 e. The van der Waals surface area contributed by atoms with Crippen LogP contribution >= 0.6 is 11.6 Å². The van der Waals surface area contributed by atoms with E-state index in [0.29, 0.717) is 21.6 Å². The summed E-state index contributed by atoms with van der Waals surface area (Å²) in [4.78, 5) is 25.8. The van der Waals surface area contributed by atoms with E-state index in [1.54, 1.807) is 24.4 Å². The average Bonchev–Trinajstić information content (AvgIpc) is 2.82. The highest BCUT2D eigenvalue weighted by Gasteiger charge is 2.10. The third kappa shape index (κ3) is 1.54. The van der Waals surface area contributed by atoms with Crippen LogP contribution in [0.15, 0.2) is 40.2 Å². The van der Waals surface area contributed by atoms with E-state index in [9.17, 15) is 9.59 Å². The lowest BCUT2D eigenvalue weighted by Gasteiger charge is -2.06. The minimum absolute atomic E-state index is 0.389. The maximum atomic E-state index is 11.9. The van der Waals surface area contributed by atoms with Crippen LogP contribution in [0.5, 0.6) is 0 Å². The van der Waals surface area contributed by atoms with Gasteiger partial charge in [-0.25, -0.2) is 4.79 Å². The number of rotatable bonds is 1. The molecule has 6 nitrogen and oxygen atoms in total. The van der Waals surface area contributed by atoms with E-state index < -0.39 is 11.2 Å². The van der Waals surface area contributed by atoms with Gasteiger partial charge >= 0.3 is 5.69 Å². The lowest BCUT2D eigenvalue weighted by atomic mass is 10.2. The number of aromatic amines is 2. The standard InChI is InChI=1S/C11H7ClN4O2/c12-6-1-2-8-9(3-6)16(7-4-13-14-5-7)11(18)15-10(8)17/h1-5H,(H,13,14)(H,15,17,18). The molecule has 0 aliphatic carbocycles. The minimum Gasteiger partial charge on any atom is -0.284 e. The second kappa shape index (κ2) is 3.85. The van der Waals surface area contributed by atoms with Crippen molar-refractivity contribution in [1.82, 2.24) is 19.7 Å². The number of halogens is 1. The van der Waals surface area contributed by atoms with E-state index in [0.717, 1.165) is 0 Å². The van der Waals surface area contributed by atoms with Gasteiger partial charge in [0.2, 0.25) is 0 Å². The normalized spacial score (nSPS) is 10.9. The van der Waals surface area contributed by atoms with Gasteiger partial charge in [0, 0.05) is 11.2 Å². The molecule has 3 rings (SSSR count). The number of nitrogens with one attached hydrogen (secondary N) is 2. The van der Waals surface area contributed by atoms with Crippen LogP contribution in [0.2, 0.25) is 5.02 Å². The van der Waals surface area contributed by atoms with Gasteiger partial charge < -0.3 is 0 Å². The molecule has 3 aromatic rings. The summed E-state index contributed by atoms with van der Waals surface area (Å²) in [5.41, 5.74) is 0.00347. The summed E-state index contributed by atoms with van der Waals surface area (Å²) >= 11 is 5.91. The first-order chi connectivity index (χ1) is 8.66. The summed E-state index contributed by atoms with van der Waals surface area (Å²) in [6, 6.07) is 4.75. The average molecular weight is 263 g/mol. The van der Waals surface area contributed by atoms with Crippen molar-refractivity contribution in [3.05, 3.63) is 56.5 Å². The van der Waals surface area contributed by atoms with Gasteiger partial charge in [0.15, 0.2) is 0 Å². The van der Waals surface area contributed by atoms with Crippen LogP contribution in [0, 0.1) is 0 Å². The summed E-state index contributed by atoms with van der Waals surface area (Å²) in [6.07, 6.45) is 3.04. The molecule has 0 bridgehead atoms. The Morgan fingerprint density at radius 2 is 2.11 bits per heavy atom. The summed E-state index contributed by atoms with van der Waals surface area (Å²) in [5.74, 6) is 0. The Morgan fingerprint density at radius 3 is 2.83 bits per heavy atom. The summed E-state index contributed by atoms with van der Waals surface area (Å²) in [6.45, 7) is 0. The van der Waals surface area contributed by atoms with Gasteiger partial charge in [0.1, 0.15) is 0 Å². The van der Waals surface area contributed by atoms with Crippen LogP contribution in [0.3, 0.4) is 0 Å². The molecule has 0 radical (unpaired) electrons. The number of hydrogen-bond donors (Lipinski definition) is 2. The molecule has 0 saturated carbocycles. The molecule has 0 spiro atoms. The molecule has 0 unspecified atom stereocenters. The molecule has 0 aliphatic heterocycles. The Hall–Kier alpha value is -2.34. The molecule has 0 amide bonds. The van der Waals surface area contributed by atoms with Crippen LogP contribution in [0.1, 0.15) is 0 Å². The molecular weight excluding hydrogens is 256 g/mol. The third-order valence-corrected chi connectivity index (χ3v) is 2.85. The zero-order valence-corrected chi connectivity index (χ0v) is 9.73. The van der Waals surface area contributed by atoms with Gasteiger partial charge in [-0.2, -0.15) is 5.10 Å². The summed E-state index contributed by atoms with van der Waals surface area (Å²) in [7, 11) is 0. The van der Waals surface area contributed by atoms with Gasteiger partial charge in [0.05, 0.1) is 22.8 Å². The third-order valence-electron chi connectivity index (χ3n) is 2.61. The Kier molecular flexibility index (Phi) is 2.31. The van der Waals surface area contributed by atoms with Gasteiger partial charge in [-0.1, -0.05) is 11.6 Å². The fraction of sp³-hybridized carbons (Fsp3) is 0. The fourth-order valence-corrected chi connectivity index (χ4v) is 2.00. The topological polar surface area (TPSA) is 83.5 Å². The molecule has 0 atom stereocenters. The van der Waals surface area contributed by atoms with Crippen molar-refractivity contribution < 1.29 is 0 Å². The van der Waals surface area contributed by atoms with Gasteiger partial charge in [-0.15, -0.1) is 0 Å². The van der Waals surface area contributed by atoms with Crippen LogP contribution in [-0.4, -0.2) is 19.7 Å². The highest BCUT2D eigenvalue weighted by atomic mass is 35.5. The molecule has 7 heteroatoms. The number of benzene rings is 1. The second-order valence-corrected chi connectivity index (χ2v) is 4.15. The molecule has 1 aromatic carbocycles. The monoisotopic (exact) mass is 262 g/mol. The number of fused-ring (bicyclic) bond motifs is 1. The molecule has 2 N–H and O–H groups in total. The minimum atomic E-state index is -0.531. The van der Waals surface area contributed by atoms with Crippen molar-refractivity contribution in [3.8, 4) is 5.69 Å². The Balaban J connectivity index is 2.55. The van der Waals surface area contributed by atoms with E-state index in [4.69, 9.17) is 11.6 Å². The van der Waals surface area contributed by atoms with Crippen LogP contribution in [0.4, 0.5) is 0 Å².